The van der Waals surface area contributed by atoms with E-state index in [2.05, 4.69) is 5.18 Å². The lowest BCUT2D eigenvalue weighted by Gasteiger charge is -2.20. The fourth-order valence-electron chi connectivity index (χ4n) is 1.00. The van der Waals surface area contributed by atoms with Gasteiger partial charge in [-0.15, -0.1) is 4.91 Å². The zero-order valence-electron chi connectivity index (χ0n) is 6.36. The summed E-state index contributed by atoms with van der Waals surface area (Å²) in [5, 5.41) is 10.8. The van der Waals surface area contributed by atoms with Gasteiger partial charge in [-0.05, 0) is 6.42 Å². The molecule has 1 aliphatic rings. The Bertz CT molecular complexity index is 277. The summed E-state index contributed by atoms with van der Waals surface area (Å²) in [4.78, 5) is 21.8. The molecule has 0 spiro atoms. The summed E-state index contributed by atoms with van der Waals surface area (Å²) in [5.74, 6) is 0. The topological polar surface area (TPSA) is 73.5 Å². The van der Waals surface area contributed by atoms with E-state index in [1.54, 1.807) is 6.08 Å². The highest BCUT2D eigenvalue weighted by atomic mass is 16.3. The lowest BCUT2D eigenvalue weighted by atomic mass is 10.1. The van der Waals surface area contributed by atoms with E-state index in [1.807, 2.05) is 6.07 Å². The van der Waals surface area contributed by atoms with Gasteiger partial charge in [0.25, 0.3) is 0 Å². The van der Waals surface area contributed by atoms with Crippen LogP contribution in [-0.4, -0.2) is 24.0 Å². The van der Waals surface area contributed by atoms with Gasteiger partial charge in [0.05, 0.1) is 6.07 Å². The SMILES string of the molecule is N#CC1=CCN(C(=O)N=O)CC1. The maximum absolute atomic E-state index is 10.7. The molecule has 1 rings (SSSR count). The van der Waals surface area contributed by atoms with E-state index in [1.165, 1.54) is 4.90 Å². The van der Waals surface area contributed by atoms with Crippen LogP contribution in [0, 0.1) is 16.2 Å². The van der Waals surface area contributed by atoms with Crippen LogP contribution in [0.4, 0.5) is 4.79 Å². The van der Waals surface area contributed by atoms with Crippen molar-refractivity contribution in [1.82, 2.24) is 4.90 Å². The lowest BCUT2D eigenvalue weighted by molar-refractivity contribution is 0.212. The number of urea groups is 1. The maximum atomic E-state index is 10.7. The van der Waals surface area contributed by atoms with Crippen molar-refractivity contribution in [2.45, 2.75) is 6.42 Å². The van der Waals surface area contributed by atoms with Gasteiger partial charge in [-0.25, -0.2) is 4.79 Å². The molecule has 0 N–H and O–H groups in total. The van der Waals surface area contributed by atoms with Gasteiger partial charge in [-0.2, -0.15) is 5.26 Å². The van der Waals surface area contributed by atoms with E-state index in [-0.39, 0.29) is 0 Å². The predicted molar refractivity (Wildman–Crippen MR) is 41.1 cm³/mol. The van der Waals surface area contributed by atoms with Crippen molar-refractivity contribution >= 4 is 6.03 Å². The summed E-state index contributed by atoms with van der Waals surface area (Å²) in [6.45, 7) is 0.720. The molecular weight excluding hydrogens is 158 g/mol. The quantitative estimate of drug-likeness (QED) is 0.503. The predicted octanol–water partition coefficient (Wildman–Crippen LogP) is 1.03. The molecule has 0 aliphatic carbocycles. The zero-order valence-corrected chi connectivity index (χ0v) is 6.36. The number of nitroso groups, excluding NO2 is 1. The van der Waals surface area contributed by atoms with Gasteiger partial charge >= 0.3 is 6.03 Å². The Kier molecular flexibility index (Phi) is 2.53. The van der Waals surface area contributed by atoms with Gasteiger partial charge in [0.1, 0.15) is 0 Å². The smallest absolute Gasteiger partial charge is 0.316 e. The molecule has 0 saturated heterocycles. The molecule has 5 heteroatoms. The number of hydrogen-bond donors (Lipinski definition) is 0. The van der Waals surface area contributed by atoms with Crippen molar-refractivity contribution in [3.8, 4) is 6.07 Å². The standard InChI is InChI=1S/C7H7N3O2/c8-5-6-1-3-10(4-2-6)7(11)9-12/h1H,2-4H2. The molecule has 0 radical (unpaired) electrons. The van der Waals surface area contributed by atoms with Crippen LogP contribution in [0.25, 0.3) is 0 Å². The first kappa shape index (κ1) is 8.40. The van der Waals surface area contributed by atoms with E-state index in [0.29, 0.717) is 25.1 Å². The first-order valence-electron chi connectivity index (χ1n) is 3.49. The molecule has 0 fully saturated rings. The molecule has 0 aromatic carbocycles. The Morgan fingerprint density at radius 3 is 2.92 bits per heavy atom. The Morgan fingerprint density at radius 1 is 1.75 bits per heavy atom. The van der Waals surface area contributed by atoms with Gasteiger partial charge in [-0.1, -0.05) is 6.08 Å². The first-order chi connectivity index (χ1) is 5.77. The minimum Gasteiger partial charge on any atom is -0.316 e. The Morgan fingerprint density at radius 2 is 2.50 bits per heavy atom. The van der Waals surface area contributed by atoms with Crippen molar-refractivity contribution < 1.29 is 4.79 Å². The highest BCUT2D eigenvalue weighted by Crippen LogP contribution is 2.09. The number of carbonyl (C=O) groups excluding carboxylic acids is 1. The molecule has 5 nitrogen and oxygen atoms in total. The van der Waals surface area contributed by atoms with Crippen molar-refractivity contribution in [3.05, 3.63) is 16.6 Å². The number of carbonyl (C=O) groups is 1. The van der Waals surface area contributed by atoms with E-state index >= 15 is 0 Å². The second-order valence-electron chi connectivity index (χ2n) is 2.41. The van der Waals surface area contributed by atoms with E-state index in [0.717, 1.165) is 0 Å². The molecule has 0 aromatic heterocycles. The average molecular weight is 165 g/mol. The normalized spacial score (nSPS) is 16.2. The summed E-state index contributed by atoms with van der Waals surface area (Å²) in [6, 6.07) is 1.23. The molecule has 0 unspecified atom stereocenters. The van der Waals surface area contributed by atoms with Crippen LogP contribution in [-0.2, 0) is 0 Å². The van der Waals surface area contributed by atoms with Crippen molar-refractivity contribution in [1.29, 1.82) is 5.26 Å². The highest BCUT2D eigenvalue weighted by molar-refractivity contribution is 5.75. The minimum atomic E-state index is -0.761. The second kappa shape index (κ2) is 3.62. The van der Waals surface area contributed by atoms with Gasteiger partial charge in [0.15, 0.2) is 0 Å². The zero-order chi connectivity index (χ0) is 8.97. The summed E-state index contributed by atoms with van der Waals surface area (Å²) >= 11 is 0. The van der Waals surface area contributed by atoms with E-state index in [4.69, 9.17) is 5.26 Å². The Balaban J connectivity index is 2.58. The second-order valence-corrected chi connectivity index (χ2v) is 2.41. The highest BCUT2D eigenvalue weighted by Gasteiger charge is 2.16. The Hall–Kier alpha value is -1.70. The molecule has 0 bridgehead atoms. The molecule has 1 heterocycles. The van der Waals surface area contributed by atoms with Crippen LogP contribution in [0.5, 0.6) is 0 Å². The van der Waals surface area contributed by atoms with Crippen LogP contribution in [0.1, 0.15) is 6.42 Å². The van der Waals surface area contributed by atoms with Gasteiger partial charge in [-0.3, -0.25) is 0 Å². The van der Waals surface area contributed by atoms with E-state index in [9.17, 15) is 9.70 Å². The van der Waals surface area contributed by atoms with Gasteiger partial charge in [0, 0.05) is 23.8 Å². The summed E-state index contributed by atoms with van der Waals surface area (Å²) in [6.07, 6.45) is 2.14. The lowest BCUT2D eigenvalue weighted by Crippen LogP contribution is -2.32. The molecule has 1 aliphatic heterocycles. The fraction of sp³-hybridized carbons (Fsp3) is 0.429. The number of hydrogen-bond acceptors (Lipinski definition) is 3. The molecule has 0 saturated carbocycles. The largest absolute Gasteiger partial charge is 0.381 e. The van der Waals surface area contributed by atoms with Crippen molar-refractivity contribution in [3.63, 3.8) is 0 Å². The van der Waals surface area contributed by atoms with Crippen LogP contribution in [0.15, 0.2) is 16.8 Å². The number of nitrogens with zero attached hydrogens (tertiary/aromatic N) is 3. The third-order valence-electron chi connectivity index (χ3n) is 1.70. The molecule has 12 heavy (non-hydrogen) atoms. The summed E-state index contributed by atoms with van der Waals surface area (Å²) in [7, 11) is 0. The first-order valence-corrected chi connectivity index (χ1v) is 3.49. The van der Waals surface area contributed by atoms with Crippen LogP contribution < -0.4 is 0 Å². The van der Waals surface area contributed by atoms with Gasteiger partial charge < -0.3 is 4.90 Å². The van der Waals surface area contributed by atoms with Crippen molar-refractivity contribution in [2.75, 3.05) is 13.1 Å². The minimum absolute atomic E-state index is 0.313. The summed E-state index contributed by atoms with van der Waals surface area (Å²) in [5.41, 5.74) is 0.657. The fourth-order valence-corrected chi connectivity index (χ4v) is 1.00. The number of nitriles is 1. The Labute approximate surface area is 69.2 Å². The molecule has 0 aromatic rings. The van der Waals surface area contributed by atoms with Crippen LogP contribution in [0.2, 0.25) is 0 Å². The molecule has 62 valence electrons. The van der Waals surface area contributed by atoms with Gasteiger partial charge in [0.2, 0.25) is 0 Å². The van der Waals surface area contributed by atoms with Crippen molar-refractivity contribution in [2.24, 2.45) is 5.18 Å². The average Bonchev–Trinajstić information content (AvgIpc) is 2.17. The number of rotatable bonds is 0. The maximum Gasteiger partial charge on any atom is 0.381 e. The van der Waals surface area contributed by atoms with E-state index < -0.39 is 6.03 Å². The molecular formula is C7H7N3O2. The van der Waals surface area contributed by atoms with Crippen LogP contribution >= 0.6 is 0 Å². The molecule has 2 amide bonds. The third-order valence-corrected chi connectivity index (χ3v) is 1.70. The van der Waals surface area contributed by atoms with Crippen LogP contribution in [0.3, 0.4) is 0 Å². The third kappa shape index (κ3) is 1.66. The monoisotopic (exact) mass is 165 g/mol. The number of amides is 2. The molecule has 0 atom stereocenters. The summed E-state index contributed by atoms with van der Waals surface area (Å²) < 4.78 is 0.